The third-order valence-corrected chi connectivity index (χ3v) is 4.90. The molecule has 0 aliphatic carbocycles. The Hall–Kier alpha value is -2.35. The normalized spacial score (nSPS) is 18.6. The summed E-state index contributed by atoms with van der Waals surface area (Å²) < 4.78 is 0. The van der Waals surface area contributed by atoms with Crippen LogP contribution in [-0.2, 0) is 19.2 Å². The SMILES string of the molecule is CC(=O)NC(CSC1CC(=O)N(c2ccccc2C)C1=O)C(=O)O. The zero-order valence-corrected chi connectivity index (χ0v) is 14.1. The van der Waals surface area contributed by atoms with Crippen molar-refractivity contribution in [1.29, 1.82) is 0 Å². The highest BCUT2D eigenvalue weighted by molar-refractivity contribution is 8.00. The summed E-state index contributed by atoms with van der Waals surface area (Å²) in [5.41, 5.74) is 1.36. The molecule has 8 heteroatoms. The lowest BCUT2D eigenvalue weighted by Crippen LogP contribution is -2.42. The number of hydrogen-bond acceptors (Lipinski definition) is 5. The average molecular weight is 350 g/mol. The van der Waals surface area contributed by atoms with E-state index in [1.807, 2.05) is 19.1 Å². The maximum absolute atomic E-state index is 12.5. The number of aryl methyl sites for hydroxylation is 1. The van der Waals surface area contributed by atoms with Crippen molar-refractivity contribution in [2.45, 2.75) is 31.6 Å². The number of carboxylic acids is 1. The van der Waals surface area contributed by atoms with Crippen LogP contribution in [0.15, 0.2) is 24.3 Å². The minimum Gasteiger partial charge on any atom is -0.480 e. The summed E-state index contributed by atoms with van der Waals surface area (Å²) in [6.07, 6.45) is 0.0181. The zero-order valence-electron chi connectivity index (χ0n) is 13.3. The summed E-state index contributed by atoms with van der Waals surface area (Å²) >= 11 is 1.07. The topological polar surface area (TPSA) is 104 Å². The minimum absolute atomic E-state index is 0.0141. The highest BCUT2D eigenvalue weighted by Gasteiger charge is 2.40. The number of benzene rings is 1. The van der Waals surface area contributed by atoms with Gasteiger partial charge in [-0.3, -0.25) is 14.4 Å². The van der Waals surface area contributed by atoms with Crippen LogP contribution in [0, 0.1) is 6.92 Å². The number of nitrogens with one attached hydrogen (secondary N) is 1. The molecule has 1 aromatic carbocycles. The summed E-state index contributed by atoms with van der Waals surface area (Å²) in [6.45, 7) is 3.04. The van der Waals surface area contributed by atoms with Crippen molar-refractivity contribution in [2.75, 3.05) is 10.7 Å². The van der Waals surface area contributed by atoms with Gasteiger partial charge in [0.05, 0.1) is 10.9 Å². The van der Waals surface area contributed by atoms with E-state index in [0.29, 0.717) is 5.69 Å². The summed E-state index contributed by atoms with van der Waals surface area (Å²) in [4.78, 5) is 48.0. The van der Waals surface area contributed by atoms with Crippen molar-refractivity contribution in [1.82, 2.24) is 5.32 Å². The summed E-state index contributed by atoms with van der Waals surface area (Å²) in [6, 6.07) is 5.99. The maximum atomic E-state index is 12.5. The lowest BCUT2D eigenvalue weighted by molar-refractivity contribution is -0.140. The quantitative estimate of drug-likeness (QED) is 0.740. The van der Waals surface area contributed by atoms with Crippen molar-refractivity contribution in [3.8, 4) is 0 Å². The first-order chi connectivity index (χ1) is 11.3. The lowest BCUT2D eigenvalue weighted by Gasteiger charge is -2.18. The van der Waals surface area contributed by atoms with Crippen molar-refractivity contribution < 1.29 is 24.3 Å². The molecule has 1 aliphatic heterocycles. The first kappa shape index (κ1) is 18.0. The van der Waals surface area contributed by atoms with E-state index in [2.05, 4.69) is 5.32 Å². The van der Waals surface area contributed by atoms with Crippen LogP contribution in [0.1, 0.15) is 18.9 Å². The van der Waals surface area contributed by atoms with Gasteiger partial charge >= 0.3 is 5.97 Å². The van der Waals surface area contributed by atoms with E-state index >= 15 is 0 Å². The van der Waals surface area contributed by atoms with Crippen LogP contribution in [0.5, 0.6) is 0 Å². The standard InChI is InChI=1S/C16H18N2O5S/c1-9-5-3-4-6-12(9)18-14(20)7-13(15(18)21)24-8-11(16(22)23)17-10(2)19/h3-6,11,13H,7-8H2,1-2H3,(H,17,19)(H,22,23). The third kappa shape index (κ3) is 3.94. The smallest absolute Gasteiger partial charge is 0.327 e. The molecular weight excluding hydrogens is 332 g/mol. The van der Waals surface area contributed by atoms with E-state index in [1.165, 1.54) is 6.92 Å². The second-order valence-electron chi connectivity index (χ2n) is 5.47. The molecule has 0 bridgehead atoms. The Morgan fingerprint density at radius 2 is 2.04 bits per heavy atom. The number of anilines is 1. The molecule has 3 amide bonds. The fourth-order valence-corrected chi connectivity index (χ4v) is 3.59. The van der Waals surface area contributed by atoms with E-state index in [1.54, 1.807) is 12.1 Å². The van der Waals surface area contributed by atoms with E-state index in [0.717, 1.165) is 22.2 Å². The van der Waals surface area contributed by atoms with Crippen LogP contribution in [0.2, 0.25) is 0 Å². The molecule has 1 aliphatic rings. The highest BCUT2D eigenvalue weighted by Crippen LogP contribution is 2.31. The Labute approximate surface area is 143 Å². The Kier molecular flexibility index (Phi) is 5.61. The molecule has 24 heavy (non-hydrogen) atoms. The summed E-state index contributed by atoms with van der Waals surface area (Å²) in [7, 11) is 0. The van der Waals surface area contributed by atoms with Crippen LogP contribution >= 0.6 is 11.8 Å². The molecule has 7 nitrogen and oxygen atoms in total. The molecule has 2 N–H and O–H groups in total. The molecule has 2 atom stereocenters. The number of aliphatic carboxylic acids is 1. The summed E-state index contributed by atoms with van der Waals surface area (Å²) in [5.74, 6) is -2.28. The van der Waals surface area contributed by atoms with Gasteiger partial charge in [0.2, 0.25) is 17.7 Å². The predicted octanol–water partition coefficient (Wildman–Crippen LogP) is 0.949. The van der Waals surface area contributed by atoms with Crippen molar-refractivity contribution in [3.63, 3.8) is 0 Å². The van der Waals surface area contributed by atoms with Crippen molar-refractivity contribution in [3.05, 3.63) is 29.8 Å². The fraction of sp³-hybridized carbons (Fsp3) is 0.375. The number of carboxylic acid groups (broad SMARTS) is 1. The second kappa shape index (κ2) is 7.48. The molecule has 1 heterocycles. The van der Waals surface area contributed by atoms with Gasteiger partial charge in [-0.25, -0.2) is 9.69 Å². The van der Waals surface area contributed by atoms with Gasteiger partial charge in [-0.15, -0.1) is 11.8 Å². The largest absolute Gasteiger partial charge is 0.480 e. The van der Waals surface area contributed by atoms with Crippen LogP contribution in [0.3, 0.4) is 0 Å². The molecule has 1 aromatic rings. The highest BCUT2D eigenvalue weighted by atomic mass is 32.2. The fourth-order valence-electron chi connectivity index (χ4n) is 2.43. The van der Waals surface area contributed by atoms with Gasteiger partial charge in [-0.1, -0.05) is 18.2 Å². The van der Waals surface area contributed by atoms with Crippen molar-refractivity contribution >= 4 is 41.1 Å². The zero-order chi connectivity index (χ0) is 17.9. The average Bonchev–Trinajstić information content (AvgIpc) is 2.78. The molecule has 1 fully saturated rings. The van der Waals surface area contributed by atoms with E-state index in [-0.39, 0.29) is 24.0 Å². The Morgan fingerprint density at radius 1 is 1.38 bits per heavy atom. The number of thioether (sulfide) groups is 1. The number of carbonyl (C=O) groups excluding carboxylic acids is 3. The number of para-hydroxylation sites is 1. The molecule has 0 radical (unpaired) electrons. The van der Waals surface area contributed by atoms with Crippen LogP contribution in [0.25, 0.3) is 0 Å². The number of nitrogens with zero attached hydrogens (tertiary/aromatic N) is 1. The number of amides is 3. The maximum Gasteiger partial charge on any atom is 0.327 e. The number of carbonyl (C=O) groups is 4. The third-order valence-electron chi connectivity index (χ3n) is 3.60. The monoisotopic (exact) mass is 350 g/mol. The molecule has 2 rings (SSSR count). The first-order valence-corrected chi connectivity index (χ1v) is 8.40. The minimum atomic E-state index is -1.18. The van der Waals surface area contributed by atoms with Crippen LogP contribution < -0.4 is 10.2 Å². The van der Waals surface area contributed by atoms with Gasteiger partial charge in [-0.05, 0) is 18.6 Å². The van der Waals surface area contributed by atoms with Crippen LogP contribution in [0.4, 0.5) is 5.69 Å². The number of imide groups is 1. The van der Waals surface area contributed by atoms with Crippen LogP contribution in [-0.4, -0.2) is 45.8 Å². The molecule has 2 unspecified atom stereocenters. The molecular formula is C16H18N2O5S. The van der Waals surface area contributed by atoms with E-state index in [9.17, 15) is 19.2 Å². The van der Waals surface area contributed by atoms with Gasteiger partial charge in [0, 0.05) is 19.1 Å². The Morgan fingerprint density at radius 3 is 2.62 bits per heavy atom. The van der Waals surface area contributed by atoms with Gasteiger partial charge in [0.25, 0.3) is 0 Å². The van der Waals surface area contributed by atoms with E-state index < -0.39 is 23.2 Å². The van der Waals surface area contributed by atoms with Gasteiger partial charge in [0.15, 0.2) is 0 Å². The van der Waals surface area contributed by atoms with Gasteiger partial charge in [-0.2, -0.15) is 0 Å². The summed E-state index contributed by atoms with van der Waals surface area (Å²) in [5, 5.41) is 10.8. The first-order valence-electron chi connectivity index (χ1n) is 7.35. The lowest BCUT2D eigenvalue weighted by atomic mass is 10.2. The molecule has 0 saturated carbocycles. The molecule has 128 valence electrons. The van der Waals surface area contributed by atoms with E-state index in [4.69, 9.17) is 5.11 Å². The Bertz CT molecular complexity index is 691. The number of hydrogen-bond donors (Lipinski definition) is 2. The predicted molar refractivity (Wildman–Crippen MR) is 89.8 cm³/mol. The number of rotatable bonds is 6. The van der Waals surface area contributed by atoms with Crippen molar-refractivity contribution in [2.24, 2.45) is 0 Å². The van der Waals surface area contributed by atoms with Gasteiger partial charge < -0.3 is 10.4 Å². The Balaban J connectivity index is 2.07. The van der Waals surface area contributed by atoms with Gasteiger partial charge in [0.1, 0.15) is 6.04 Å². The molecule has 0 spiro atoms. The molecule has 1 saturated heterocycles. The molecule has 0 aromatic heterocycles. The second-order valence-corrected chi connectivity index (χ2v) is 6.71.